The van der Waals surface area contributed by atoms with E-state index in [9.17, 15) is 5.11 Å². The van der Waals surface area contributed by atoms with E-state index < -0.39 is 0 Å². The van der Waals surface area contributed by atoms with Crippen LogP contribution in [0.15, 0.2) is 36.4 Å². The number of aromatic hydroxyl groups is 1. The molecule has 19 heavy (non-hydrogen) atoms. The number of fused-ring (bicyclic) bond motifs is 1. The molecule has 3 aromatic rings. The summed E-state index contributed by atoms with van der Waals surface area (Å²) in [5, 5.41) is 10.8. The molecular weight excluding hydrogens is 373 g/mol. The normalized spacial score (nSPS) is 10.8. The first-order chi connectivity index (χ1) is 9.19. The number of para-hydroxylation sites is 1. The van der Waals surface area contributed by atoms with Crippen molar-refractivity contribution in [2.45, 2.75) is 0 Å². The standard InChI is InChI=1S/C14H10INO2S/c1-18-11-7-8(6-9(15)13(11)17)14-16-10-4-2-3-5-12(10)19-14/h2-7,17H,1H3. The zero-order valence-corrected chi connectivity index (χ0v) is 13.0. The molecule has 0 spiro atoms. The van der Waals surface area contributed by atoms with E-state index >= 15 is 0 Å². The van der Waals surface area contributed by atoms with E-state index in [0.717, 1.165) is 24.4 Å². The maximum atomic E-state index is 9.86. The van der Waals surface area contributed by atoms with Gasteiger partial charge in [0.25, 0.3) is 0 Å². The molecule has 0 fully saturated rings. The van der Waals surface area contributed by atoms with E-state index in [0.29, 0.717) is 5.75 Å². The number of hydrogen-bond acceptors (Lipinski definition) is 4. The number of rotatable bonds is 2. The lowest BCUT2D eigenvalue weighted by Gasteiger charge is -2.07. The number of halogens is 1. The van der Waals surface area contributed by atoms with Gasteiger partial charge in [0.1, 0.15) is 5.01 Å². The molecule has 0 aliphatic carbocycles. The van der Waals surface area contributed by atoms with Crippen LogP contribution in [0.2, 0.25) is 0 Å². The summed E-state index contributed by atoms with van der Waals surface area (Å²) in [6.07, 6.45) is 0. The second kappa shape index (κ2) is 4.97. The largest absolute Gasteiger partial charge is 0.504 e. The lowest BCUT2D eigenvalue weighted by atomic mass is 10.2. The number of hydrogen-bond donors (Lipinski definition) is 1. The Bertz CT molecular complexity index is 721. The van der Waals surface area contributed by atoms with Crippen molar-refractivity contribution >= 4 is 44.1 Å². The molecule has 0 aliphatic rings. The van der Waals surface area contributed by atoms with Crippen molar-refractivity contribution in [2.24, 2.45) is 0 Å². The minimum atomic E-state index is 0.174. The summed E-state index contributed by atoms with van der Waals surface area (Å²) in [6.45, 7) is 0. The van der Waals surface area contributed by atoms with Gasteiger partial charge in [-0.2, -0.15) is 0 Å². The van der Waals surface area contributed by atoms with Crippen LogP contribution in [0.4, 0.5) is 0 Å². The van der Waals surface area contributed by atoms with Crippen LogP contribution in [-0.2, 0) is 0 Å². The third-order valence-corrected chi connectivity index (χ3v) is 4.70. The average Bonchev–Trinajstić information content (AvgIpc) is 2.85. The minimum absolute atomic E-state index is 0.174. The smallest absolute Gasteiger partial charge is 0.171 e. The summed E-state index contributed by atoms with van der Waals surface area (Å²) >= 11 is 3.72. The van der Waals surface area contributed by atoms with Gasteiger partial charge in [-0.15, -0.1) is 11.3 Å². The molecule has 0 amide bonds. The SMILES string of the molecule is COc1cc(-c2nc3ccccc3s2)cc(I)c1O. The zero-order chi connectivity index (χ0) is 13.4. The second-order valence-electron chi connectivity index (χ2n) is 4.00. The fourth-order valence-corrected chi connectivity index (χ4v) is 3.40. The predicted octanol–water partition coefficient (Wildman–Crippen LogP) is 4.28. The van der Waals surface area contributed by atoms with Crippen LogP contribution in [0.25, 0.3) is 20.8 Å². The van der Waals surface area contributed by atoms with Gasteiger partial charge in [0.05, 0.1) is 20.9 Å². The number of nitrogens with zero attached hydrogens (tertiary/aromatic N) is 1. The van der Waals surface area contributed by atoms with Crippen molar-refractivity contribution in [3.63, 3.8) is 0 Å². The Morgan fingerprint density at radius 1 is 1.26 bits per heavy atom. The van der Waals surface area contributed by atoms with Crippen LogP contribution in [0.5, 0.6) is 11.5 Å². The summed E-state index contributed by atoms with van der Waals surface area (Å²) in [7, 11) is 1.55. The molecule has 0 atom stereocenters. The molecule has 0 bridgehead atoms. The highest BCUT2D eigenvalue weighted by Crippen LogP contribution is 2.38. The van der Waals surface area contributed by atoms with Crippen LogP contribution < -0.4 is 4.74 Å². The fraction of sp³-hybridized carbons (Fsp3) is 0.0714. The number of ether oxygens (including phenoxy) is 1. The van der Waals surface area contributed by atoms with Crippen molar-refractivity contribution in [3.8, 4) is 22.1 Å². The van der Waals surface area contributed by atoms with Crippen molar-refractivity contribution in [2.75, 3.05) is 7.11 Å². The van der Waals surface area contributed by atoms with Gasteiger partial charge in [-0.25, -0.2) is 4.98 Å². The van der Waals surface area contributed by atoms with Crippen LogP contribution in [0.3, 0.4) is 0 Å². The Hall–Kier alpha value is -1.34. The van der Waals surface area contributed by atoms with Gasteiger partial charge in [0.15, 0.2) is 11.5 Å². The first-order valence-corrected chi connectivity index (χ1v) is 7.51. The zero-order valence-electron chi connectivity index (χ0n) is 10.1. The number of phenolic OH excluding ortho intramolecular Hbond substituents is 1. The Kier molecular flexibility index (Phi) is 3.32. The van der Waals surface area contributed by atoms with Crippen LogP contribution in [0, 0.1) is 3.57 Å². The Balaban J connectivity index is 2.18. The van der Waals surface area contributed by atoms with Gasteiger partial charge in [-0.05, 0) is 46.9 Å². The minimum Gasteiger partial charge on any atom is -0.504 e. The summed E-state index contributed by atoms with van der Waals surface area (Å²) in [5.74, 6) is 0.647. The summed E-state index contributed by atoms with van der Waals surface area (Å²) in [5.41, 5.74) is 1.95. The molecule has 1 heterocycles. The van der Waals surface area contributed by atoms with Crippen molar-refractivity contribution in [3.05, 3.63) is 40.0 Å². The Morgan fingerprint density at radius 2 is 2.05 bits per heavy atom. The molecule has 3 nitrogen and oxygen atoms in total. The Morgan fingerprint density at radius 3 is 2.79 bits per heavy atom. The third kappa shape index (κ3) is 2.28. The third-order valence-electron chi connectivity index (χ3n) is 2.79. The molecule has 0 saturated heterocycles. The molecular formula is C14H10INO2S. The van der Waals surface area contributed by atoms with Crippen LogP contribution in [-0.4, -0.2) is 17.2 Å². The maximum absolute atomic E-state index is 9.86. The van der Waals surface area contributed by atoms with Gasteiger partial charge in [-0.1, -0.05) is 12.1 Å². The highest BCUT2D eigenvalue weighted by atomic mass is 127. The molecule has 0 unspecified atom stereocenters. The number of benzene rings is 2. The second-order valence-corrected chi connectivity index (χ2v) is 6.19. The number of phenols is 1. The molecule has 1 N–H and O–H groups in total. The van der Waals surface area contributed by atoms with E-state index in [1.54, 1.807) is 18.4 Å². The summed E-state index contributed by atoms with van der Waals surface area (Å²) < 4.78 is 7.09. The van der Waals surface area contributed by atoms with Crippen LogP contribution in [0.1, 0.15) is 0 Å². The average molecular weight is 383 g/mol. The predicted molar refractivity (Wildman–Crippen MR) is 86.0 cm³/mol. The topological polar surface area (TPSA) is 42.4 Å². The van der Waals surface area contributed by atoms with E-state index in [2.05, 4.69) is 33.6 Å². The quantitative estimate of drug-likeness (QED) is 0.672. The van der Waals surface area contributed by atoms with Gasteiger partial charge < -0.3 is 9.84 Å². The van der Waals surface area contributed by atoms with Crippen molar-refractivity contribution in [1.82, 2.24) is 4.98 Å². The molecule has 3 rings (SSSR count). The number of thiazole rings is 1. The molecule has 96 valence electrons. The van der Waals surface area contributed by atoms with Gasteiger partial charge >= 0.3 is 0 Å². The highest BCUT2D eigenvalue weighted by Gasteiger charge is 2.12. The van der Waals surface area contributed by atoms with Crippen molar-refractivity contribution in [1.29, 1.82) is 0 Å². The van der Waals surface area contributed by atoms with Gasteiger partial charge in [0, 0.05) is 5.56 Å². The van der Waals surface area contributed by atoms with E-state index in [4.69, 9.17) is 4.74 Å². The number of methoxy groups -OCH3 is 1. The van der Waals surface area contributed by atoms with Gasteiger partial charge in [-0.3, -0.25) is 0 Å². The van der Waals surface area contributed by atoms with Crippen molar-refractivity contribution < 1.29 is 9.84 Å². The molecule has 2 aromatic carbocycles. The van der Waals surface area contributed by atoms with E-state index in [-0.39, 0.29) is 5.75 Å². The number of aromatic nitrogens is 1. The highest BCUT2D eigenvalue weighted by molar-refractivity contribution is 14.1. The molecule has 1 aromatic heterocycles. The monoisotopic (exact) mass is 383 g/mol. The molecule has 0 radical (unpaired) electrons. The summed E-state index contributed by atoms with van der Waals surface area (Å²) in [6, 6.07) is 11.8. The first kappa shape index (κ1) is 12.7. The lowest BCUT2D eigenvalue weighted by Crippen LogP contribution is -1.87. The molecule has 0 saturated carbocycles. The first-order valence-electron chi connectivity index (χ1n) is 5.61. The lowest BCUT2D eigenvalue weighted by molar-refractivity contribution is 0.372. The maximum Gasteiger partial charge on any atom is 0.171 e. The van der Waals surface area contributed by atoms with Crippen LogP contribution >= 0.6 is 33.9 Å². The van der Waals surface area contributed by atoms with E-state index in [1.807, 2.05) is 30.3 Å². The Labute approximate surface area is 128 Å². The molecule has 0 aliphatic heterocycles. The van der Waals surface area contributed by atoms with E-state index in [1.165, 1.54) is 0 Å². The summed E-state index contributed by atoms with van der Waals surface area (Å²) in [4.78, 5) is 4.61. The van der Waals surface area contributed by atoms with Gasteiger partial charge in [0.2, 0.25) is 0 Å². The fourth-order valence-electron chi connectivity index (χ4n) is 1.85. The molecule has 5 heteroatoms.